The molecule has 0 aliphatic rings. The Morgan fingerprint density at radius 3 is 2.78 bits per heavy atom. The van der Waals surface area contributed by atoms with E-state index in [9.17, 15) is 5.11 Å². The lowest BCUT2D eigenvalue weighted by Gasteiger charge is -2.05. The van der Waals surface area contributed by atoms with Crippen molar-refractivity contribution < 1.29 is 14.4 Å². The number of rotatable bonds is 2. The molecule has 3 aromatic rings. The molecule has 4 nitrogen and oxygen atoms in total. The van der Waals surface area contributed by atoms with Crippen LogP contribution in [-0.2, 0) is 0 Å². The molecule has 0 aliphatic carbocycles. The summed E-state index contributed by atoms with van der Waals surface area (Å²) in [6.45, 7) is 0. The zero-order chi connectivity index (χ0) is 12.5. The minimum Gasteiger partial charge on any atom is -0.507 e. The van der Waals surface area contributed by atoms with Crippen molar-refractivity contribution in [3.8, 4) is 22.8 Å². The van der Waals surface area contributed by atoms with Gasteiger partial charge in [-0.2, -0.15) is 0 Å². The highest BCUT2D eigenvalue weighted by atomic mass is 16.5. The summed E-state index contributed by atoms with van der Waals surface area (Å²) in [7, 11) is 1.60. The lowest BCUT2D eigenvalue weighted by molar-refractivity contribution is 0.415. The van der Waals surface area contributed by atoms with Crippen LogP contribution in [0, 0.1) is 0 Å². The maximum atomic E-state index is 9.93. The molecule has 3 rings (SSSR count). The van der Waals surface area contributed by atoms with E-state index in [0.717, 1.165) is 5.56 Å². The van der Waals surface area contributed by atoms with Crippen LogP contribution in [0.15, 0.2) is 47.0 Å². The number of methoxy groups -OCH3 is 1. The first-order chi connectivity index (χ1) is 8.81. The van der Waals surface area contributed by atoms with Crippen LogP contribution in [-0.4, -0.2) is 17.4 Å². The van der Waals surface area contributed by atoms with Crippen LogP contribution in [0.1, 0.15) is 0 Å². The molecule has 0 saturated heterocycles. The Morgan fingerprint density at radius 1 is 1.11 bits per heavy atom. The number of para-hydroxylation sites is 1. The minimum atomic E-state index is 0.148. The van der Waals surface area contributed by atoms with Crippen molar-refractivity contribution in [1.82, 2.24) is 5.16 Å². The van der Waals surface area contributed by atoms with Crippen LogP contribution >= 0.6 is 0 Å². The molecule has 0 fully saturated rings. The third-order valence-electron chi connectivity index (χ3n) is 2.84. The third kappa shape index (κ3) is 1.50. The highest BCUT2D eigenvalue weighted by molar-refractivity contribution is 5.97. The van der Waals surface area contributed by atoms with Gasteiger partial charge in [0.05, 0.1) is 12.5 Å². The number of hydrogen-bond acceptors (Lipinski definition) is 4. The molecule has 90 valence electrons. The minimum absolute atomic E-state index is 0.148. The Bertz CT molecular complexity index is 703. The first kappa shape index (κ1) is 10.7. The maximum absolute atomic E-state index is 9.93. The second kappa shape index (κ2) is 4.07. The maximum Gasteiger partial charge on any atom is 0.171 e. The number of ether oxygens (including phenoxy) is 1. The molecule has 0 atom stereocenters. The second-order valence-corrected chi connectivity index (χ2v) is 3.88. The van der Waals surface area contributed by atoms with Crippen molar-refractivity contribution in [3.05, 3.63) is 42.5 Å². The molecule has 1 aromatic heterocycles. The highest BCUT2D eigenvalue weighted by Gasteiger charge is 2.16. The van der Waals surface area contributed by atoms with Gasteiger partial charge < -0.3 is 14.4 Å². The summed E-state index contributed by atoms with van der Waals surface area (Å²) in [4.78, 5) is 0. The first-order valence-electron chi connectivity index (χ1n) is 5.52. The molecule has 1 N–H and O–H groups in total. The van der Waals surface area contributed by atoms with E-state index in [2.05, 4.69) is 5.16 Å². The average Bonchev–Trinajstić information content (AvgIpc) is 2.84. The molecular weight excluding hydrogens is 230 g/mol. The molecule has 4 heteroatoms. The van der Waals surface area contributed by atoms with Gasteiger partial charge in [-0.3, -0.25) is 0 Å². The van der Waals surface area contributed by atoms with Crippen molar-refractivity contribution in [1.29, 1.82) is 0 Å². The van der Waals surface area contributed by atoms with E-state index in [0.29, 0.717) is 22.4 Å². The van der Waals surface area contributed by atoms with E-state index < -0.39 is 0 Å². The fraction of sp³-hybridized carbons (Fsp3) is 0.0714. The summed E-state index contributed by atoms with van der Waals surface area (Å²) in [5.74, 6) is 0.839. The monoisotopic (exact) mass is 241 g/mol. The third-order valence-corrected chi connectivity index (χ3v) is 2.84. The smallest absolute Gasteiger partial charge is 0.171 e. The topological polar surface area (TPSA) is 55.5 Å². The van der Waals surface area contributed by atoms with Gasteiger partial charge in [-0.05, 0) is 24.3 Å². The fourth-order valence-electron chi connectivity index (χ4n) is 2.00. The van der Waals surface area contributed by atoms with Gasteiger partial charge in [-0.1, -0.05) is 23.4 Å². The molecule has 1 heterocycles. The van der Waals surface area contributed by atoms with Crippen LogP contribution < -0.4 is 4.74 Å². The van der Waals surface area contributed by atoms with Gasteiger partial charge in [0.25, 0.3) is 0 Å². The highest BCUT2D eigenvalue weighted by Crippen LogP contribution is 2.37. The van der Waals surface area contributed by atoms with Gasteiger partial charge in [-0.25, -0.2) is 0 Å². The van der Waals surface area contributed by atoms with Crippen molar-refractivity contribution in [2.45, 2.75) is 0 Å². The Morgan fingerprint density at radius 2 is 1.94 bits per heavy atom. The van der Waals surface area contributed by atoms with E-state index >= 15 is 0 Å². The summed E-state index contributed by atoms with van der Waals surface area (Å²) in [5.41, 5.74) is 1.93. The number of nitrogens with zero attached hydrogens (tertiary/aromatic N) is 1. The summed E-state index contributed by atoms with van der Waals surface area (Å²) < 4.78 is 10.5. The molecule has 0 amide bonds. The molecule has 0 saturated carbocycles. The van der Waals surface area contributed by atoms with Gasteiger partial charge in [0.2, 0.25) is 0 Å². The number of aromatic hydroxyl groups is 1. The Labute approximate surface area is 103 Å². The number of aromatic nitrogens is 1. The van der Waals surface area contributed by atoms with E-state index in [4.69, 9.17) is 9.26 Å². The lowest BCUT2D eigenvalue weighted by atomic mass is 10.1. The molecule has 0 bridgehead atoms. The second-order valence-electron chi connectivity index (χ2n) is 3.88. The van der Waals surface area contributed by atoms with E-state index in [1.807, 2.05) is 24.3 Å². The van der Waals surface area contributed by atoms with Gasteiger partial charge in [0, 0.05) is 5.56 Å². The predicted octanol–water partition coefficient (Wildman–Crippen LogP) is 3.21. The standard InChI is InChI=1S/C14H11NO3/c1-17-11-7-3-2-5-9(11)14-13-10(16)6-4-8-12(13)18-15-14/h2-8,16H,1H3. The number of phenolic OH excluding ortho intramolecular Hbond substituents is 1. The number of benzene rings is 2. The van der Waals surface area contributed by atoms with Gasteiger partial charge >= 0.3 is 0 Å². The van der Waals surface area contributed by atoms with Gasteiger partial charge in [0.1, 0.15) is 17.2 Å². The largest absolute Gasteiger partial charge is 0.507 e. The summed E-state index contributed by atoms with van der Waals surface area (Å²) in [6, 6.07) is 12.6. The number of phenols is 1. The first-order valence-corrected chi connectivity index (χ1v) is 5.52. The Hall–Kier alpha value is -2.49. The van der Waals surface area contributed by atoms with Crippen LogP contribution in [0.2, 0.25) is 0 Å². The summed E-state index contributed by atoms with van der Waals surface area (Å²) >= 11 is 0. The normalized spacial score (nSPS) is 10.7. The average molecular weight is 241 g/mol. The van der Waals surface area contributed by atoms with Gasteiger partial charge in [0.15, 0.2) is 5.58 Å². The van der Waals surface area contributed by atoms with Gasteiger partial charge in [-0.15, -0.1) is 0 Å². The number of fused-ring (bicyclic) bond motifs is 1. The molecule has 0 unspecified atom stereocenters. The van der Waals surface area contributed by atoms with E-state index in [1.165, 1.54) is 0 Å². The van der Waals surface area contributed by atoms with E-state index in [-0.39, 0.29) is 5.75 Å². The Balaban J connectivity index is 2.32. The fourth-order valence-corrected chi connectivity index (χ4v) is 2.00. The van der Waals surface area contributed by atoms with E-state index in [1.54, 1.807) is 25.3 Å². The van der Waals surface area contributed by atoms with Crippen molar-refractivity contribution in [2.75, 3.05) is 7.11 Å². The summed E-state index contributed by atoms with van der Waals surface area (Å²) in [6.07, 6.45) is 0. The molecular formula is C14H11NO3. The quantitative estimate of drug-likeness (QED) is 0.748. The molecule has 0 spiro atoms. The van der Waals surface area contributed by atoms with Crippen molar-refractivity contribution >= 4 is 11.0 Å². The summed E-state index contributed by atoms with van der Waals surface area (Å²) in [5, 5.41) is 14.5. The number of hydrogen-bond donors (Lipinski definition) is 1. The van der Waals surface area contributed by atoms with Crippen LogP contribution in [0.25, 0.3) is 22.2 Å². The zero-order valence-electron chi connectivity index (χ0n) is 9.75. The Kier molecular flexibility index (Phi) is 2.41. The van der Waals surface area contributed by atoms with Crippen molar-refractivity contribution in [3.63, 3.8) is 0 Å². The SMILES string of the molecule is COc1ccccc1-c1noc2cccc(O)c12. The van der Waals surface area contributed by atoms with Crippen molar-refractivity contribution in [2.24, 2.45) is 0 Å². The molecule has 18 heavy (non-hydrogen) atoms. The van der Waals surface area contributed by atoms with Crippen LogP contribution in [0.4, 0.5) is 0 Å². The predicted molar refractivity (Wildman–Crippen MR) is 67.7 cm³/mol. The molecule has 0 radical (unpaired) electrons. The molecule has 2 aromatic carbocycles. The lowest BCUT2D eigenvalue weighted by Crippen LogP contribution is -1.87. The zero-order valence-corrected chi connectivity index (χ0v) is 9.75. The van der Waals surface area contributed by atoms with Crippen LogP contribution in [0.5, 0.6) is 11.5 Å². The molecule has 0 aliphatic heterocycles. The van der Waals surface area contributed by atoms with Crippen LogP contribution in [0.3, 0.4) is 0 Å².